The van der Waals surface area contributed by atoms with Gasteiger partial charge in [-0.3, -0.25) is 4.98 Å². The van der Waals surface area contributed by atoms with Crippen LogP contribution in [0.5, 0.6) is 0 Å². The molecule has 0 aliphatic carbocycles. The molecule has 1 aromatic heterocycles. The van der Waals surface area contributed by atoms with Crippen LogP contribution < -0.4 is 5.73 Å². The van der Waals surface area contributed by atoms with E-state index < -0.39 is 0 Å². The Bertz CT molecular complexity index is 734. The number of hydrogen-bond acceptors (Lipinski definition) is 2. The van der Waals surface area contributed by atoms with Crippen molar-refractivity contribution in [3.8, 4) is 0 Å². The highest BCUT2D eigenvalue weighted by molar-refractivity contribution is 5.82. The van der Waals surface area contributed by atoms with Crippen molar-refractivity contribution in [2.24, 2.45) is 5.73 Å². The molecule has 2 nitrogen and oxygen atoms in total. The van der Waals surface area contributed by atoms with Gasteiger partial charge in [-0.25, -0.2) is 4.39 Å². The summed E-state index contributed by atoms with van der Waals surface area (Å²) < 4.78 is 13.2. The minimum absolute atomic E-state index is 0.176. The monoisotopic (exact) mass is 266 g/mol. The first-order valence-electron chi connectivity index (χ1n) is 6.58. The van der Waals surface area contributed by atoms with Crippen LogP contribution in [0.1, 0.15) is 17.2 Å². The predicted octanol–water partition coefficient (Wildman–Crippen LogP) is 3.62. The van der Waals surface area contributed by atoms with Gasteiger partial charge in [0.05, 0.1) is 5.52 Å². The summed E-state index contributed by atoms with van der Waals surface area (Å²) >= 11 is 0. The van der Waals surface area contributed by atoms with E-state index in [1.165, 1.54) is 12.1 Å². The Morgan fingerprint density at radius 1 is 1.05 bits per heavy atom. The summed E-state index contributed by atoms with van der Waals surface area (Å²) in [6.45, 7) is 0. The number of benzene rings is 2. The number of nitrogens with zero attached hydrogens (tertiary/aromatic N) is 1. The second-order valence-corrected chi connectivity index (χ2v) is 4.86. The molecule has 1 unspecified atom stereocenters. The van der Waals surface area contributed by atoms with E-state index in [9.17, 15) is 4.39 Å². The molecule has 1 atom stereocenters. The lowest BCUT2D eigenvalue weighted by molar-refractivity contribution is 0.622. The molecule has 0 amide bonds. The topological polar surface area (TPSA) is 38.9 Å². The molecule has 1 heterocycles. The standard InChI is InChI=1S/C17H15FN2/c18-13-5-3-4-12(10-13)11-16(19)14-8-9-20-17-7-2-1-6-15(14)17/h1-10,16H,11,19H2. The fourth-order valence-electron chi connectivity index (χ4n) is 2.47. The van der Waals surface area contributed by atoms with Gasteiger partial charge in [-0.05, 0) is 41.8 Å². The molecule has 0 spiro atoms. The Balaban J connectivity index is 1.94. The van der Waals surface area contributed by atoms with Gasteiger partial charge >= 0.3 is 0 Å². The maximum atomic E-state index is 13.2. The molecule has 3 rings (SSSR count). The predicted molar refractivity (Wildman–Crippen MR) is 78.8 cm³/mol. The minimum Gasteiger partial charge on any atom is -0.324 e. The van der Waals surface area contributed by atoms with E-state index in [0.717, 1.165) is 22.0 Å². The molecule has 0 aliphatic heterocycles. The zero-order chi connectivity index (χ0) is 13.9. The lowest BCUT2D eigenvalue weighted by Gasteiger charge is -2.14. The third-order valence-electron chi connectivity index (χ3n) is 3.43. The highest BCUT2D eigenvalue weighted by atomic mass is 19.1. The fourth-order valence-corrected chi connectivity index (χ4v) is 2.47. The maximum Gasteiger partial charge on any atom is 0.123 e. The summed E-state index contributed by atoms with van der Waals surface area (Å²) in [6, 6.07) is 16.3. The normalized spacial score (nSPS) is 12.5. The smallest absolute Gasteiger partial charge is 0.123 e. The SMILES string of the molecule is NC(Cc1cccc(F)c1)c1ccnc2ccccc12. The third-order valence-corrected chi connectivity index (χ3v) is 3.43. The van der Waals surface area contributed by atoms with Crippen molar-refractivity contribution < 1.29 is 4.39 Å². The van der Waals surface area contributed by atoms with Crippen LogP contribution in [0.3, 0.4) is 0 Å². The molecule has 0 saturated carbocycles. The van der Waals surface area contributed by atoms with Gasteiger partial charge in [-0.15, -0.1) is 0 Å². The van der Waals surface area contributed by atoms with Crippen molar-refractivity contribution in [3.63, 3.8) is 0 Å². The van der Waals surface area contributed by atoms with Crippen LogP contribution in [0, 0.1) is 5.82 Å². The van der Waals surface area contributed by atoms with Crippen LogP contribution in [0.15, 0.2) is 60.8 Å². The van der Waals surface area contributed by atoms with Gasteiger partial charge in [-0.1, -0.05) is 30.3 Å². The zero-order valence-corrected chi connectivity index (χ0v) is 11.0. The lowest BCUT2D eigenvalue weighted by atomic mass is 9.97. The molecular formula is C17H15FN2. The van der Waals surface area contributed by atoms with E-state index in [-0.39, 0.29) is 11.9 Å². The number of para-hydroxylation sites is 1. The van der Waals surface area contributed by atoms with Gasteiger partial charge in [-0.2, -0.15) is 0 Å². The van der Waals surface area contributed by atoms with E-state index in [1.807, 2.05) is 36.4 Å². The summed E-state index contributed by atoms with van der Waals surface area (Å²) in [4.78, 5) is 4.33. The van der Waals surface area contributed by atoms with Crippen LogP contribution in [0.4, 0.5) is 4.39 Å². The van der Waals surface area contributed by atoms with Crippen LogP contribution in [-0.2, 0) is 6.42 Å². The van der Waals surface area contributed by atoms with Crippen molar-refractivity contribution in [1.29, 1.82) is 0 Å². The molecule has 0 fully saturated rings. The molecule has 0 bridgehead atoms. The van der Waals surface area contributed by atoms with E-state index >= 15 is 0 Å². The summed E-state index contributed by atoms with van der Waals surface area (Å²) in [7, 11) is 0. The number of pyridine rings is 1. The average molecular weight is 266 g/mol. The first kappa shape index (κ1) is 12.8. The number of hydrogen-bond donors (Lipinski definition) is 1. The highest BCUT2D eigenvalue weighted by Crippen LogP contribution is 2.24. The molecule has 2 N–H and O–H groups in total. The summed E-state index contributed by atoms with van der Waals surface area (Å²) in [5.41, 5.74) is 9.17. The Morgan fingerprint density at radius 2 is 1.90 bits per heavy atom. The van der Waals surface area contributed by atoms with E-state index in [0.29, 0.717) is 6.42 Å². The molecule has 0 aliphatic rings. The fraction of sp³-hybridized carbons (Fsp3) is 0.118. The first-order chi connectivity index (χ1) is 9.74. The number of aromatic nitrogens is 1. The molecule has 2 aromatic carbocycles. The molecule has 3 aromatic rings. The quantitative estimate of drug-likeness (QED) is 0.786. The van der Waals surface area contributed by atoms with Crippen molar-refractivity contribution in [2.75, 3.05) is 0 Å². The van der Waals surface area contributed by atoms with Gasteiger partial charge in [0.25, 0.3) is 0 Å². The van der Waals surface area contributed by atoms with Gasteiger partial charge in [0.1, 0.15) is 5.82 Å². The molecule has 0 saturated heterocycles. The molecule has 100 valence electrons. The molecular weight excluding hydrogens is 251 g/mol. The third kappa shape index (κ3) is 2.53. The second kappa shape index (κ2) is 5.39. The van der Waals surface area contributed by atoms with E-state index in [4.69, 9.17) is 5.73 Å². The van der Waals surface area contributed by atoms with Crippen LogP contribution in [0.2, 0.25) is 0 Å². The molecule has 3 heteroatoms. The number of nitrogens with two attached hydrogens (primary N) is 1. The number of halogens is 1. The van der Waals surface area contributed by atoms with Crippen molar-refractivity contribution in [1.82, 2.24) is 4.98 Å². The lowest BCUT2D eigenvalue weighted by Crippen LogP contribution is -2.14. The summed E-state index contributed by atoms with van der Waals surface area (Å²) in [5, 5.41) is 1.05. The van der Waals surface area contributed by atoms with Crippen molar-refractivity contribution in [2.45, 2.75) is 12.5 Å². The highest BCUT2D eigenvalue weighted by Gasteiger charge is 2.11. The zero-order valence-electron chi connectivity index (χ0n) is 11.0. The molecule has 20 heavy (non-hydrogen) atoms. The average Bonchev–Trinajstić information content (AvgIpc) is 2.46. The Kier molecular flexibility index (Phi) is 3.44. The maximum absolute atomic E-state index is 13.2. The molecule has 0 radical (unpaired) electrons. The van der Waals surface area contributed by atoms with Crippen LogP contribution >= 0.6 is 0 Å². The Labute approximate surface area is 117 Å². The Hall–Kier alpha value is -2.26. The first-order valence-corrected chi connectivity index (χ1v) is 6.58. The van der Waals surface area contributed by atoms with Gasteiger partial charge in [0.15, 0.2) is 0 Å². The van der Waals surface area contributed by atoms with Crippen LogP contribution in [-0.4, -0.2) is 4.98 Å². The van der Waals surface area contributed by atoms with E-state index in [2.05, 4.69) is 4.98 Å². The van der Waals surface area contributed by atoms with Crippen molar-refractivity contribution in [3.05, 3.63) is 77.7 Å². The largest absolute Gasteiger partial charge is 0.324 e. The van der Waals surface area contributed by atoms with E-state index in [1.54, 1.807) is 12.3 Å². The van der Waals surface area contributed by atoms with Gasteiger partial charge < -0.3 is 5.73 Å². The van der Waals surface area contributed by atoms with Crippen molar-refractivity contribution >= 4 is 10.9 Å². The van der Waals surface area contributed by atoms with Gasteiger partial charge in [0, 0.05) is 17.6 Å². The summed E-state index contributed by atoms with van der Waals surface area (Å²) in [5.74, 6) is -0.228. The summed E-state index contributed by atoms with van der Waals surface area (Å²) in [6.07, 6.45) is 2.37. The number of fused-ring (bicyclic) bond motifs is 1. The van der Waals surface area contributed by atoms with Gasteiger partial charge in [0.2, 0.25) is 0 Å². The second-order valence-electron chi connectivity index (χ2n) is 4.86. The Morgan fingerprint density at radius 3 is 2.75 bits per heavy atom. The van der Waals surface area contributed by atoms with Crippen LogP contribution in [0.25, 0.3) is 10.9 Å². The minimum atomic E-state index is -0.228. The number of rotatable bonds is 3.